The maximum atomic E-state index is 12.6. The summed E-state index contributed by atoms with van der Waals surface area (Å²) in [7, 11) is 0.178. The van der Waals surface area contributed by atoms with Crippen molar-refractivity contribution >= 4 is 16.0 Å². The predicted molar refractivity (Wildman–Crippen MR) is 96.4 cm³/mol. The normalized spacial score (nSPS) is 12.9. The number of aliphatic imine (C=N–C) groups is 1. The van der Waals surface area contributed by atoms with E-state index in [9.17, 15) is 21.6 Å². The van der Waals surface area contributed by atoms with Crippen LogP contribution in [0, 0.1) is 0 Å². The summed E-state index contributed by atoms with van der Waals surface area (Å²) in [4.78, 5) is 5.89. The van der Waals surface area contributed by atoms with Gasteiger partial charge in [0.05, 0.1) is 11.3 Å². The Kier molecular flexibility index (Phi) is 8.35. The summed E-state index contributed by atoms with van der Waals surface area (Å²) in [5, 5.41) is 3.09. The highest BCUT2D eigenvalue weighted by molar-refractivity contribution is 7.89. The predicted octanol–water partition coefficient (Wildman–Crippen LogP) is 2.04. The standard InChI is InChI=1S/C16H25F3N4O2S/c1-4-26(24,25)22-11-5-10-21-15(20-2)23(3)12-13-6-8-14(9-7-13)16(17,18)19/h6-9,22H,4-5,10-12H2,1-3H3,(H,20,21). The number of alkyl halides is 3. The third kappa shape index (κ3) is 7.61. The second kappa shape index (κ2) is 9.77. The smallest absolute Gasteiger partial charge is 0.356 e. The molecule has 0 amide bonds. The maximum absolute atomic E-state index is 12.6. The van der Waals surface area contributed by atoms with E-state index in [0.29, 0.717) is 32.0 Å². The van der Waals surface area contributed by atoms with Crippen LogP contribution in [0.25, 0.3) is 0 Å². The van der Waals surface area contributed by atoms with Gasteiger partial charge in [0, 0.05) is 33.7 Å². The first-order valence-electron chi connectivity index (χ1n) is 8.14. The fourth-order valence-electron chi connectivity index (χ4n) is 2.15. The molecule has 0 bridgehead atoms. The summed E-state index contributed by atoms with van der Waals surface area (Å²) in [6, 6.07) is 4.98. The average Bonchev–Trinajstić information content (AvgIpc) is 2.57. The van der Waals surface area contributed by atoms with Gasteiger partial charge in [-0.3, -0.25) is 4.99 Å². The molecule has 0 aromatic heterocycles. The number of guanidine groups is 1. The Balaban J connectivity index is 2.48. The van der Waals surface area contributed by atoms with Crippen LogP contribution >= 0.6 is 0 Å². The second-order valence-corrected chi connectivity index (χ2v) is 7.77. The molecule has 0 saturated carbocycles. The van der Waals surface area contributed by atoms with Crippen molar-refractivity contribution in [1.82, 2.24) is 14.9 Å². The highest BCUT2D eigenvalue weighted by Crippen LogP contribution is 2.29. The van der Waals surface area contributed by atoms with Crippen LogP contribution in [0.3, 0.4) is 0 Å². The van der Waals surface area contributed by atoms with Crippen LogP contribution in [-0.4, -0.2) is 52.2 Å². The number of nitrogens with zero attached hydrogens (tertiary/aromatic N) is 2. The van der Waals surface area contributed by atoms with E-state index in [1.54, 1.807) is 25.9 Å². The minimum Gasteiger partial charge on any atom is -0.356 e. The van der Waals surface area contributed by atoms with Crippen molar-refractivity contribution in [3.8, 4) is 0 Å². The first-order valence-corrected chi connectivity index (χ1v) is 9.79. The van der Waals surface area contributed by atoms with Crippen LogP contribution < -0.4 is 10.0 Å². The van der Waals surface area contributed by atoms with E-state index in [1.165, 1.54) is 12.1 Å². The van der Waals surface area contributed by atoms with E-state index in [-0.39, 0.29) is 5.75 Å². The number of hydrogen-bond acceptors (Lipinski definition) is 3. The number of halogens is 3. The number of nitrogens with one attached hydrogen (secondary N) is 2. The monoisotopic (exact) mass is 394 g/mol. The third-order valence-corrected chi connectivity index (χ3v) is 5.02. The first-order chi connectivity index (χ1) is 12.1. The Hall–Kier alpha value is -1.81. The molecule has 0 radical (unpaired) electrons. The SMILES string of the molecule is CCS(=O)(=O)NCCCNC(=NC)N(C)Cc1ccc(C(F)(F)F)cc1. The summed E-state index contributed by atoms with van der Waals surface area (Å²) in [6.45, 7) is 2.79. The molecule has 0 aliphatic rings. The van der Waals surface area contributed by atoms with E-state index in [4.69, 9.17) is 0 Å². The number of hydrogen-bond donors (Lipinski definition) is 2. The highest BCUT2D eigenvalue weighted by Gasteiger charge is 2.29. The number of rotatable bonds is 8. The van der Waals surface area contributed by atoms with Gasteiger partial charge in [-0.1, -0.05) is 12.1 Å². The van der Waals surface area contributed by atoms with Gasteiger partial charge >= 0.3 is 6.18 Å². The second-order valence-electron chi connectivity index (χ2n) is 5.68. The van der Waals surface area contributed by atoms with Crippen LogP contribution in [-0.2, 0) is 22.7 Å². The van der Waals surface area contributed by atoms with Crippen LogP contribution in [0.5, 0.6) is 0 Å². The maximum Gasteiger partial charge on any atom is 0.416 e. The van der Waals surface area contributed by atoms with Crippen molar-refractivity contribution in [3.05, 3.63) is 35.4 Å². The molecule has 1 aromatic rings. The zero-order valence-electron chi connectivity index (χ0n) is 15.1. The summed E-state index contributed by atoms with van der Waals surface area (Å²) in [5.41, 5.74) is 0.0418. The van der Waals surface area contributed by atoms with E-state index in [2.05, 4.69) is 15.0 Å². The molecule has 0 saturated heterocycles. The summed E-state index contributed by atoms with van der Waals surface area (Å²) >= 11 is 0. The van der Waals surface area contributed by atoms with Gasteiger partial charge in [-0.05, 0) is 31.0 Å². The molecule has 1 rings (SSSR count). The topological polar surface area (TPSA) is 73.8 Å². The number of benzene rings is 1. The molecular weight excluding hydrogens is 369 g/mol. The molecular formula is C16H25F3N4O2S. The van der Waals surface area contributed by atoms with E-state index in [0.717, 1.165) is 17.7 Å². The van der Waals surface area contributed by atoms with Gasteiger partial charge in [0.1, 0.15) is 0 Å². The minimum atomic E-state index is -4.35. The van der Waals surface area contributed by atoms with Crippen molar-refractivity contribution in [3.63, 3.8) is 0 Å². The molecule has 0 aliphatic carbocycles. The van der Waals surface area contributed by atoms with Crippen molar-refractivity contribution in [1.29, 1.82) is 0 Å². The molecule has 6 nitrogen and oxygen atoms in total. The lowest BCUT2D eigenvalue weighted by molar-refractivity contribution is -0.137. The Morgan fingerprint density at radius 3 is 2.31 bits per heavy atom. The molecule has 1 aromatic carbocycles. The molecule has 0 aliphatic heterocycles. The Labute approximate surface area is 152 Å². The van der Waals surface area contributed by atoms with Gasteiger partial charge in [0.15, 0.2) is 5.96 Å². The van der Waals surface area contributed by atoms with Gasteiger partial charge in [-0.25, -0.2) is 13.1 Å². The zero-order valence-corrected chi connectivity index (χ0v) is 15.9. The van der Waals surface area contributed by atoms with Crippen LogP contribution in [0.15, 0.2) is 29.3 Å². The molecule has 0 unspecified atom stereocenters. The van der Waals surface area contributed by atoms with Crippen molar-refractivity contribution in [2.24, 2.45) is 4.99 Å². The largest absolute Gasteiger partial charge is 0.416 e. The van der Waals surface area contributed by atoms with Crippen molar-refractivity contribution in [2.75, 3.05) is 32.9 Å². The molecule has 0 heterocycles. The quantitative estimate of drug-likeness (QED) is 0.402. The van der Waals surface area contributed by atoms with Gasteiger partial charge in [-0.15, -0.1) is 0 Å². The molecule has 10 heteroatoms. The third-order valence-electron chi connectivity index (χ3n) is 3.61. The Morgan fingerprint density at radius 1 is 1.19 bits per heavy atom. The van der Waals surface area contributed by atoms with Gasteiger partial charge < -0.3 is 10.2 Å². The Bertz CT molecular complexity index is 688. The molecule has 0 atom stereocenters. The average molecular weight is 394 g/mol. The lowest BCUT2D eigenvalue weighted by atomic mass is 10.1. The fourth-order valence-corrected chi connectivity index (χ4v) is 2.81. The van der Waals surface area contributed by atoms with Crippen LogP contribution in [0.2, 0.25) is 0 Å². The first kappa shape index (κ1) is 22.2. The van der Waals surface area contributed by atoms with Crippen molar-refractivity contribution in [2.45, 2.75) is 26.1 Å². The van der Waals surface area contributed by atoms with Gasteiger partial charge in [0.25, 0.3) is 0 Å². The highest BCUT2D eigenvalue weighted by atomic mass is 32.2. The van der Waals surface area contributed by atoms with Crippen molar-refractivity contribution < 1.29 is 21.6 Å². The molecule has 0 fully saturated rings. The lowest BCUT2D eigenvalue weighted by Gasteiger charge is -2.22. The lowest BCUT2D eigenvalue weighted by Crippen LogP contribution is -2.39. The minimum absolute atomic E-state index is 0.0396. The fraction of sp³-hybridized carbons (Fsp3) is 0.562. The van der Waals surface area contributed by atoms with Gasteiger partial charge in [-0.2, -0.15) is 13.2 Å². The van der Waals surface area contributed by atoms with Gasteiger partial charge in [0.2, 0.25) is 10.0 Å². The molecule has 148 valence electrons. The van der Waals surface area contributed by atoms with Crippen LogP contribution in [0.1, 0.15) is 24.5 Å². The van der Waals surface area contributed by atoms with Crippen LogP contribution in [0.4, 0.5) is 13.2 Å². The summed E-state index contributed by atoms with van der Waals surface area (Å²) in [5.74, 6) is 0.612. The molecule has 2 N–H and O–H groups in total. The summed E-state index contributed by atoms with van der Waals surface area (Å²) in [6.07, 6.45) is -3.77. The Morgan fingerprint density at radius 2 is 1.81 bits per heavy atom. The zero-order chi connectivity index (χ0) is 19.8. The van der Waals surface area contributed by atoms with E-state index < -0.39 is 21.8 Å². The summed E-state index contributed by atoms with van der Waals surface area (Å²) < 4.78 is 62.8. The van der Waals surface area contributed by atoms with E-state index in [1.807, 2.05) is 0 Å². The number of sulfonamides is 1. The van der Waals surface area contributed by atoms with E-state index >= 15 is 0 Å². The molecule has 0 spiro atoms. The molecule has 26 heavy (non-hydrogen) atoms.